The lowest BCUT2D eigenvalue weighted by molar-refractivity contribution is -0.138. The molecule has 1 aliphatic rings. The molecule has 0 unspecified atom stereocenters. The largest absolute Gasteiger partial charge is 0.481 e. The Hall–Kier alpha value is -1.82. The average Bonchev–Trinajstić information content (AvgIpc) is 2.97. The maximum Gasteiger partial charge on any atom is 0.307 e. The van der Waals surface area contributed by atoms with E-state index in [9.17, 15) is 4.79 Å². The molecule has 0 spiro atoms. The summed E-state index contributed by atoms with van der Waals surface area (Å²) >= 11 is 0. The first-order valence-electron chi connectivity index (χ1n) is 4.87. The third-order valence-electron chi connectivity index (χ3n) is 2.91. The number of hydrogen-bond acceptors (Lipinski definition) is 2. The molecule has 0 aliphatic heterocycles. The zero-order chi connectivity index (χ0) is 11.0. The summed E-state index contributed by atoms with van der Waals surface area (Å²) in [7, 11) is 0. The fraction of sp³-hybridized carbons (Fsp3) is 0.333. The number of carboxylic acids is 1. The van der Waals surface area contributed by atoms with Crippen molar-refractivity contribution in [1.82, 2.24) is 0 Å². The van der Waals surface area contributed by atoms with Crippen molar-refractivity contribution < 1.29 is 9.90 Å². The predicted octanol–water partition coefficient (Wildman–Crippen LogP) is 2.05. The molecular weight excluding hydrogens is 190 g/mol. The molecule has 3 nitrogen and oxygen atoms in total. The number of benzene rings is 1. The van der Waals surface area contributed by atoms with Crippen molar-refractivity contribution in [3.8, 4) is 6.07 Å². The lowest BCUT2D eigenvalue weighted by Crippen LogP contribution is -1.99. The van der Waals surface area contributed by atoms with Crippen molar-refractivity contribution in [3.05, 3.63) is 34.9 Å². The normalized spacial score (nSPS) is 23.2. The number of rotatable bonds is 2. The van der Waals surface area contributed by atoms with Crippen molar-refractivity contribution in [1.29, 1.82) is 5.26 Å². The van der Waals surface area contributed by atoms with Gasteiger partial charge in [0.2, 0.25) is 0 Å². The minimum absolute atomic E-state index is 0.147. The highest BCUT2D eigenvalue weighted by molar-refractivity contribution is 5.75. The second kappa shape index (κ2) is 3.39. The van der Waals surface area contributed by atoms with Gasteiger partial charge >= 0.3 is 5.97 Å². The van der Waals surface area contributed by atoms with E-state index >= 15 is 0 Å². The molecule has 1 saturated carbocycles. The van der Waals surface area contributed by atoms with Crippen LogP contribution in [-0.2, 0) is 4.79 Å². The average molecular weight is 201 g/mol. The van der Waals surface area contributed by atoms with Gasteiger partial charge in [-0.3, -0.25) is 4.79 Å². The van der Waals surface area contributed by atoms with E-state index in [1.54, 1.807) is 6.07 Å². The SMILES string of the molecule is Cc1cc([C@H]2C[C@@H]2C(=O)O)ccc1C#N. The summed E-state index contributed by atoms with van der Waals surface area (Å²) in [5.41, 5.74) is 2.62. The molecule has 0 saturated heterocycles. The highest BCUT2D eigenvalue weighted by Gasteiger charge is 2.44. The zero-order valence-electron chi connectivity index (χ0n) is 8.40. The molecule has 2 rings (SSSR count). The lowest BCUT2D eigenvalue weighted by atomic mass is 10.0. The van der Waals surface area contributed by atoms with Crippen molar-refractivity contribution >= 4 is 5.97 Å². The molecule has 0 bridgehead atoms. The molecule has 15 heavy (non-hydrogen) atoms. The number of aryl methyl sites for hydroxylation is 1. The van der Waals surface area contributed by atoms with Crippen LogP contribution in [0.2, 0.25) is 0 Å². The minimum Gasteiger partial charge on any atom is -0.481 e. The Kier molecular flexibility index (Phi) is 2.20. The van der Waals surface area contributed by atoms with Gasteiger partial charge in [-0.1, -0.05) is 12.1 Å². The molecule has 1 aliphatic carbocycles. The summed E-state index contributed by atoms with van der Waals surface area (Å²) in [5.74, 6) is -0.798. The summed E-state index contributed by atoms with van der Waals surface area (Å²) in [6.45, 7) is 1.88. The maximum atomic E-state index is 10.7. The van der Waals surface area contributed by atoms with Gasteiger partial charge < -0.3 is 5.11 Å². The molecule has 1 fully saturated rings. The number of aliphatic carboxylic acids is 1. The Balaban J connectivity index is 2.23. The fourth-order valence-electron chi connectivity index (χ4n) is 1.88. The van der Waals surface area contributed by atoms with Gasteiger partial charge in [0, 0.05) is 0 Å². The number of nitrogens with zero attached hydrogens (tertiary/aromatic N) is 1. The van der Waals surface area contributed by atoms with Crippen molar-refractivity contribution in [3.63, 3.8) is 0 Å². The van der Waals surface area contributed by atoms with E-state index in [-0.39, 0.29) is 11.8 Å². The van der Waals surface area contributed by atoms with Gasteiger partial charge in [-0.25, -0.2) is 0 Å². The quantitative estimate of drug-likeness (QED) is 0.796. The van der Waals surface area contributed by atoms with Crippen molar-refractivity contribution in [2.75, 3.05) is 0 Å². The summed E-state index contributed by atoms with van der Waals surface area (Å²) in [4.78, 5) is 10.7. The van der Waals surface area contributed by atoms with E-state index in [1.165, 1.54) is 0 Å². The Bertz CT molecular complexity index is 459. The van der Waals surface area contributed by atoms with E-state index in [1.807, 2.05) is 19.1 Å². The van der Waals surface area contributed by atoms with Crippen LogP contribution in [0.5, 0.6) is 0 Å². The van der Waals surface area contributed by atoms with Gasteiger partial charge in [-0.15, -0.1) is 0 Å². The molecule has 1 aromatic rings. The monoisotopic (exact) mass is 201 g/mol. The van der Waals surface area contributed by atoms with Crippen LogP contribution in [0.15, 0.2) is 18.2 Å². The van der Waals surface area contributed by atoms with E-state index in [2.05, 4.69) is 6.07 Å². The van der Waals surface area contributed by atoms with E-state index in [0.717, 1.165) is 17.5 Å². The molecule has 1 aromatic carbocycles. The number of nitriles is 1. The Morgan fingerprint density at radius 1 is 1.60 bits per heavy atom. The second-order valence-corrected chi connectivity index (χ2v) is 3.97. The van der Waals surface area contributed by atoms with Gasteiger partial charge in [-0.2, -0.15) is 5.26 Å². The Labute approximate surface area is 88.0 Å². The predicted molar refractivity (Wildman–Crippen MR) is 54.4 cm³/mol. The minimum atomic E-state index is -0.720. The fourth-order valence-corrected chi connectivity index (χ4v) is 1.88. The van der Waals surface area contributed by atoms with Gasteiger partial charge in [0.1, 0.15) is 0 Å². The van der Waals surface area contributed by atoms with Gasteiger partial charge in [0.15, 0.2) is 0 Å². The summed E-state index contributed by atoms with van der Waals surface area (Å²) in [6.07, 6.45) is 0.723. The van der Waals surface area contributed by atoms with Gasteiger partial charge in [0.05, 0.1) is 17.6 Å². The first-order chi connectivity index (χ1) is 7.13. The Morgan fingerprint density at radius 3 is 2.80 bits per heavy atom. The van der Waals surface area contributed by atoms with Crippen molar-refractivity contribution in [2.24, 2.45) is 5.92 Å². The summed E-state index contributed by atoms with van der Waals surface area (Å²) < 4.78 is 0. The van der Waals surface area contributed by atoms with Gasteiger partial charge in [-0.05, 0) is 36.5 Å². The van der Waals surface area contributed by atoms with Gasteiger partial charge in [0.25, 0.3) is 0 Å². The Morgan fingerprint density at radius 2 is 2.33 bits per heavy atom. The molecule has 0 heterocycles. The van der Waals surface area contributed by atoms with Crippen LogP contribution in [0, 0.1) is 24.2 Å². The molecule has 3 heteroatoms. The zero-order valence-corrected chi connectivity index (χ0v) is 8.40. The van der Waals surface area contributed by atoms with Crippen LogP contribution in [0.1, 0.15) is 29.0 Å². The van der Waals surface area contributed by atoms with Crippen molar-refractivity contribution in [2.45, 2.75) is 19.3 Å². The highest BCUT2D eigenvalue weighted by atomic mass is 16.4. The second-order valence-electron chi connectivity index (χ2n) is 3.97. The van der Waals surface area contributed by atoms with Crippen LogP contribution in [0.4, 0.5) is 0 Å². The third kappa shape index (κ3) is 1.71. The van der Waals surface area contributed by atoms with Crippen LogP contribution in [-0.4, -0.2) is 11.1 Å². The molecule has 2 atom stereocenters. The topological polar surface area (TPSA) is 61.1 Å². The van der Waals surface area contributed by atoms with Crippen LogP contribution >= 0.6 is 0 Å². The van der Waals surface area contributed by atoms with E-state index in [0.29, 0.717) is 5.56 Å². The number of carboxylic acid groups (broad SMARTS) is 1. The van der Waals surface area contributed by atoms with E-state index in [4.69, 9.17) is 10.4 Å². The molecular formula is C12H11NO2. The maximum absolute atomic E-state index is 10.7. The number of hydrogen-bond donors (Lipinski definition) is 1. The van der Waals surface area contributed by atoms with Crippen LogP contribution < -0.4 is 0 Å². The smallest absolute Gasteiger partial charge is 0.307 e. The number of carbonyl (C=O) groups is 1. The lowest BCUT2D eigenvalue weighted by Gasteiger charge is -2.02. The van der Waals surface area contributed by atoms with Crippen LogP contribution in [0.25, 0.3) is 0 Å². The third-order valence-corrected chi connectivity index (χ3v) is 2.91. The van der Waals surface area contributed by atoms with E-state index < -0.39 is 5.97 Å². The summed E-state index contributed by atoms with van der Waals surface area (Å²) in [5, 5.41) is 17.6. The standard InChI is InChI=1S/C12H11NO2/c1-7-4-8(2-3-9(7)6-13)10-5-11(10)12(14)15/h2-4,10-11H,5H2,1H3,(H,14,15)/t10-,11+/m1/s1. The first-order valence-corrected chi connectivity index (χ1v) is 4.87. The molecule has 1 N–H and O–H groups in total. The summed E-state index contributed by atoms with van der Waals surface area (Å²) in [6, 6.07) is 7.65. The highest BCUT2D eigenvalue weighted by Crippen LogP contribution is 2.47. The van der Waals surface area contributed by atoms with Crippen LogP contribution in [0.3, 0.4) is 0 Å². The first kappa shape index (κ1) is 9.72. The molecule has 0 aromatic heterocycles. The molecule has 0 amide bonds. The molecule has 0 radical (unpaired) electrons. The molecule has 76 valence electrons.